The lowest BCUT2D eigenvalue weighted by Gasteiger charge is -2.70. The SMILES string of the molecule is CC(=O)O[C@H]1CC[C@@]2(C)C(CC[C@]3(C)C2C[C@@H](OC(C)=O)C2C(C(C)(O)CCC=C(C)C)CC[C@]23C)C1(C)C. The van der Waals surface area contributed by atoms with E-state index in [9.17, 15) is 14.7 Å². The molecule has 5 heteroatoms. The first kappa shape index (κ1) is 30.6. The Morgan fingerprint density at radius 1 is 0.872 bits per heavy atom. The molecule has 222 valence electrons. The van der Waals surface area contributed by atoms with Gasteiger partial charge in [-0.3, -0.25) is 9.59 Å². The van der Waals surface area contributed by atoms with Gasteiger partial charge in [-0.25, -0.2) is 0 Å². The number of rotatable bonds is 6. The van der Waals surface area contributed by atoms with E-state index in [1.807, 2.05) is 6.92 Å². The fourth-order valence-electron chi connectivity index (χ4n) is 11.0. The summed E-state index contributed by atoms with van der Waals surface area (Å²) in [5.41, 5.74) is 0.511. The van der Waals surface area contributed by atoms with E-state index in [2.05, 4.69) is 54.5 Å². The highest BCUT2D eigenvalue weighted by molar-refractivity contribution is 5.66. The zero-order valence-electron chi connectivity index (χ0n) is 26.5. The molecule has 39 heavy (non-hydrogen) atoms. The molecule has 0 saturated heterocycles. The lowest BCUT2D eigenvalue weighted by atomic mass is 9.35. The molecule has 10 atom stereocenters. The van der Waals surface area contributed by atoms with Gasteiger partial charge in [-0.2, -0.15) is 0 Å². The molecule has 0 radical (unpaired) electrons. The number of carbonyl (C=O) groups excluding carboxylic acids is 2. The smallest absolute Gasteiger partial charge is 0.302 e. The third kappa shape index (κ3) is 4.91. The van der Waals surface area contributed by atoms with Crippen LogP contribution in [-0.4, -0.2) is 34.9 Å². The summed E-state index contributed by atoms with van der Waals surface area (Å²) < 4.78 is 12.1. The molecule has 0 aromatic heterocycles. The fraction of sp³-hybridized carbons (Fsp3) is 0.882. The maximum atomic E-state index is 12.5. The zero-order chi connectivity index (χ0) is 29.2. The molecule has 0 aromatic carbocycles. The molecule has 0 amide bonds. The van der Waals surface area contributed by atoms with Crippen molar-refractivity contribution in [2.75, 3.05) is 0 Å². The molecule has 0 aliphatic heterocycles. The summed E-state index contributed by atoms with van der Waals surface area (Å²) in [6, 6.07) is 0. The number of hydrogen-bond donors (Lipinski definition) is 1. The molecule has 0 spiro atoms. The minimum atomic E-state index is -0.804. The quantitative estimate of drug-likeness (QED) is 0.275. The van der Waals surface area contributed by atoms with Crippen LogP contribution in [0.15, 0.2) is 11.6 Å². The number of carbonyl (C=O) groups is 2. The van der Waals surface area contributed by atoms with E-state index in [0.29, 0.717) is 11.8 Å². The average Bonchev–Trinajstić information content (AvgIpc) is 3.17. The van der Waals surface area contributed by atoms with E-state index in [1.54, 1.807) is 6.92 Å². The molecule has 5 unspecified atom stereocenters. The molecular formula is C34H56O5. The van der Waals surface area contributed by atoms with Gasteiger partial charge in [0.1, 0.15) is 12.2 Å². The molecule has 0 bridgehead atoms. The summed E-state index contributed by atoms with van der Waals surface area (Å²) in [7, 11) is 0. The van der Waals surface area contributed by atoms with Crippen LogP contribution in [0.1, 0.15) is 127 Å². The van der Waals surface area contributed by atoms with E-state index in [1.165, 1.54) is 12.5 Å². The topological polar surface area (TPSA) is 72.8 Å². The molecule has 4 fully saturated rings. The maximum absolute atomic E-state index is 12.5. The number of allylic oxidation sites excluding steroid dienone is 2. The van der Waals surface area contributed by atoms with Crippen LogP contribution in [0.2, 0.25) is 0 Å². The molecule has 4 aliphatic rings. The Kier molecular flexibility index (Phi) is 7.98. The minimum absolute atomic E-state index is 0.0218. The van der Waals surface area contributed by atoms with Crippen molar-refractivity contribution in [2.45, 2.75) is 145 Å². The number of fused-ring (bicyclic) bond motifs is 5. The zero-order valence-corrected chi connectivity index (χ0v) is 26.5. The summed E-state index contributed by atoms with van der Waals surface area (Å²) in [6.45, 7) is 21.4. The third-order valence-electron chi connectivity index (χ3n) is 12.9. The van der Waals surface area contributed by atoms with Crippen LogP contribution >= 0.6 is 0 Å². The number of hydrogen-bond acceptors (Lipinski definition) is 5. The fourth-order valence-corrected chi connectivity index (χ4v) is 11.0. The van der Waals surface area contributed by atoms with E-state index in [0.717, 1.165) is 57.8 Å². The number of aliphatic hydroxyl groups is 1. The second-order valence-corrected chi connectivity index (χ2v) is 15.7. The summed E-state index contributed by atoms with van der Waals surface area (Å²) in [5.74, 6) is 0.697. The van der Waals surface area contributed by atoms with Gasteiger partial charge < -0.3 is 14.6 Å². The predicted molar refractivity (Wildman–Crippen MR) is 155 cm³/mol. The van der Waals surface area contributed by atoms with Crippen molar-refractivity contribution in [1.82, 2.24) is 0 Å². The van der Waals surface area contributed by atoms with Gasteiger partial charge in [-0.15, -0.1) is 0 Å². The third-order valence-corrected chi connectivity index (χ3v) is 12.9. The lowest BCUT2D eigenvalue weighted by molar-refractivity contribution is -0.252. The van der Waals surface area contributed by atoms with E-state index >= 15 is 0 Å². The van der Waals surface area contributed by atoms with Gasteiger partial charge in [-0.05, 0) is 113 Å². The highest BCUT2D eigenvalue weighted by atomic mass is 16.5. The highest BCUT2D eigenvalue weighted by Gasteiger charge is 2.72. The van der Waals surface area contributed by atoms with Crippen molar-refractivity contribution in [2.24, 2.45) is 45.3 Å². The Hall–Kier alpha value is -1.36. The number of ether oxygens (including phenoxy) is 2. The molecule has 5 nitrogen and oxygen atoms in total. The summed E-state index contributed by atoms with van der Waals surface area (Å²) in [6.07, 6.45) is 10.6. The molecule has 4 rings (SSSR count). The van der Waals surface area contributed by atoms with Crippen molar-refractivity contribution in [1.29, 1.82) is 0 Å². The molecular weight excluding hydrogens is 488 g/mol. The molecule has 4 aliphatic carbocycles. The highest BCUT2D eigenvalue weighted by Crippen LogP contribution is 2.76. The Morgan fingerprint density at radius 3 is 2.08 bits per heavy atom. The molecule has 0 aromatic rings. The van der Waals surface area contributed by atoms with Crippen LogP contribution in [0.5, 0.6) is 0 Å². The lowest BCUT2D eigenvalue weighted by Crippen LogP contribution is -2.67. The Labute approximate surface area is 237 Å². The Bertz CT molecular complexity index is 992. The maximum Gasteiger partial charge on any atom is 0.302 e. The summed E-state index contributed by atoms with van der Waals surface area (Å²) in [4.78, 5) is 24.5. The monoisotopic (exact) mass is 544 g/mol. The van der Waals surface area contributed by atoms with Crippen molar-refractivity contribution in [3.05, 3.63) is 11.6 Å². The van der Waals surface area contributed by atoms with Crippen molar-refractivity contribution in [3.8, 4) is 0 Å². The van der Waals surface area contributed by atoms with Crippen LogP contribution in [0.25, 0.3) is 0 Å². The first-order chi connectivity index (χ1) is 17.9. The van der Waals surface area contributed by atoms with Crippen molar-refractivity contribution >= 4 is 11.9 Å². The Morgan fingerprint density at radius 2 is 1.49 bits per heavy atom. The van der Waals surface area contributed by atoms with Crippen LogP contribution < -0.4 is 0 Å². The number of esters is 2. The van der Waals surface area contributed by atoms with Crippen LogP contribution in [0.3, 0.4) is 0 Å². The van der Waals surface area contributed by atoms with Gasteiger partial charge in [0.15, 0.2) is 0 Å². The standard InChI is InChI=1S/C34H56O5/c1-21(2)12-11-16-34(10,37)24-13-18-33(9)29(24)25(38-22(3)35)20-27-31(7)17-15-28(39-23(4)36)30(5,6)26(31)14-19-32(27,33)8/h12,24-29,37H,11,13-20H2,1-10H3/t24?,25-,26?,27?,28+,29?,31+,32-,33-,34?/m1/s1. The van der Waals surface area contributed by atoms with E-state index in [-0.39, 0.29) is 57.6 Å². The largest absolute Gasteiger partial charge is 0.462 e. The van der Waals surface area contributed by atoms with Crippen molar-refractivity contribution in [3.63, 3.8) is 0 Å². The summed E-state index contributed by atoms with van der Waals surface area (Å²) >= 11 is 0. The van der Waals surface area contributed by atoms with Gasteiger partial charge in [0.05, 0.1) is 5.60 Å². The second kappa shape index (κ2) is 10.2. The molecule has 1 N–H and O–H groups in total. The minimum Gasteiger partial charge on any atom is -0.462 e. The molecule has 0 heterocycles. The normalized spacial score (nSPS) is 44.2. The second-order valence-electron chi connectivity index (χ2n) is 15.7. The van der Waals surface area contributed by atoms with Gasteiger partial charge in [0, 0.05) is 25.2 Å². The summed E-state index contributed by atoms with van der Waals surface area (Å²) in [5, 5.41) is 11.9. The predicted octanol–water partition coefficient (Wildman–Crippen LogP) is 7.64. The first-order valence-corrected chi connectivity index (χ1v) is 15.6. The first-order valence-electron chi connectivity index (χ1n) is 15.6. The Balaban J connectivity index is 1.72. The van der Waals surface area contributed by atoms with E-state index in [4.69, 9.17) is 9.47 Å². The average molecular weight is 545 g/mol. The van der Waals surface area contributed by atoms with Crippen LogP contribution in [-0.2, 0) is 19.1 Å². The van der Waals surface area contributed by atoms with Crippen LogP contribution in [0, 0.1) is 45.3 Å². The van der Waals surface area contributed by atoms with Gasteiger partial charge in [-0.1, -0.05) is 46.3 Å². The van der Waals surface area contributed by atoms with Gasteiger partial charge in [0.25, 0.3) is 0 Å². The van der Waals surface area contributed by atoms with E-state index < -0.39 is 5.60 Å². The van der Waals surface area contributed by atoms with Gasteiger partial charge in [0.2, 0.25) is 0 Å². The van der Waals surface area contributed by atoms with Crippen LogP contribution in [0.4, 0.5) is 0 Å². The van der Waals surface area contributed by atoms with Gasteiger partial charge >= 0.3 is 11.9 Å². The molecule has 4 saturated carbocycles. The van der Waals surface area contributed by atoms with Crippen molar-refractivity contribution < 1.29 is 24.2 Å².